The van der Waals surface area contributed by atoms with E-state index in [-0.39, 0.29) is 5.37 Å². The minimum absolute atomic E-state index is 0.0197. The summed E-state index contributed by atoms with van der Waals surface area (Å²) in [5.74, 6) is 0. The van der Waals surface area contributed by atoms with Crippen LogP contribution in [-0.4, -0.2) is 24.6 Å². The van der Waals surface area contributed by atoms with Crippen molar-refractivity contribution in [1.29, 1.82) is 0 Å². The summed E-state index contributed by atoms with van der Waals surface area (Å²) in [6, 6.07) is 17.1. The van der Waals surface area contributed by atoms with Crippen molar-refractivity contribution in [3.63, 3.8) is 0 Å². The molecular formula is C17H19NO2S2. The van der Waals surface area contributed by atoms with E-state index in [4.69, 9.17) is 0 Å². The van der Waals surface area contributed by atoms with Crippen molar-refractivity contribution in [2.24, 2.45) is 0 Å². The van der Waals surface area contributed by atoms with Crippen molar-refractivity contribution < 1.29 is 8.42 Å². The normalized spacial score (nSPS) is 19.4. The van der Waals surface area contributed by atoms with E-state index in [1.165, 1.54) is 0 Å². The number of hydrogen-bond acceptors (Lipinski definition) is 3. The lowest BCUT2D eigenvalue weighted by Gasteiger charge is -2.23. The third-order valence-electron chi connectivity index (χ3n) is 3.79. The molecule has 3 nitrogen and oxygen atoms in total. The standard InChI is InChI=1S/C17H19NO2S2/c1-14-9-11-16(12-10-14)22(19,20)18-13-5-8-17(18)21-15-6-3-2-4-7-15/h2-4,6-7,9-12,17H,5,8,13H2,1H3. The van der Waals surface area contributed by atoms with Crippen LogP contribution in [0.2, 0.25) is 0 Å². The molecule has 0 N–H and O–H groups in total. The van der Waals surface area contributed by atoms with E-state index in [0.29, 0.717) is 11.4 Å². The second-order valence-electron chi connectivity index (χ2n) is 5.46. The zero-order valence-corrected chi connectivity index (χ0v) is 14.1. The quantitative estimate of drug-likeness (QED) is 0.851. The fraction of sp³-hybridized carbons (Fsp3) is 0.294. The Morgan fingerprint density at radius 2 is 1.73 bits per heavy atom. The molecule has 3 rings (SSSR count). The van der Waals surface area contributed by atoms with Crippen LogP contribution in [0, 0.1) is 6.92 Å². The number of hydrogen-bond donors (Lipinski definition) is 0. The molecule has 2 aromatic rings. The van der Waals surface area contributed by atoms with E-state index in [1.54, 1.807) is 28.2 Å². The number of sulfonamides is 1. The lowest BCUT2D eigenvalue weighted by atomic mass is 10.2. The summed E-state index contributed by atoms with van der Waals surface area (Å²) in [6.45, 7) is 2.56. The predicted molar refractivity (Wildman–Crippen MR) is 90.4 cm³/mol. The topological polar surface area (TPSA) is 37.4 Å². The van der Waals surface area contributed by atoms with Crippen LogP contribution in [0.5, 0.6) is 0 Å². The maximum absolute atomic E-state index is 12.9. The van der Waals surface area contributed by atoms with E-state index in [2.05, 4.69) is 0 Å². The van der Waals surface area contributed by atoms with Crippen molar-refractivity contribution in [1.82, 2.24) is 4.31 Å². The second kappa shape index (κ2) is 6.44. The number of aryl methyl sites for hydroxylation is 1. The van der Waals surface area contributed by atoms with Crippen LogP contribution in [0.1, 0.15) is 18.4 Å². The van der Waals surface area contributed by atoms with Crippen LogP contribution < -0.4 is 0 Å². The van der Waals surface area contributed by atoms with Gasteiger partial charge in [0.05, 0.1) is 10.3 Å². The summed E-state index contributed by atoms with van der Waals surface area (Å²) in [5.41, 5.74) is 1.07. The molecule has 0 amide bonds. The first-order chi connectivity index (χ1) is 10.6. The summed E-state index contributed by atoms with van der Waals surface area (Å²) in [4.78, 5) is 1.50. The molecule has 1 heterocycles. The molecule has 0 radical (unpaired) electrons. The summed E-state index contributed by atoms with van der Waals surface area (Å²) in [6.07, 6.45) is 1.81. The SMILES string of the molecule is Cc1ccc(S(=O)(=O)N2CCCC2Sc2ccccc2)cc1. The maximum Gasteiger partial charge on any atom is 0.244 e. The number of nitrogens with zero attached hydrogens (tertiary/aromatic N) is 1. The minimum atomic E-state index is -3.41. The highest BCUT2D eigenvalue weighted by molar-refractivity contribution is 8.00. The minimum Gasteiger partial charge on any atom is -0.207 e. The Hall–Kier alpha value is -1.30. The fourth-order valence-electron chi connectivity index (χ4n) is 2.60. The summed E-state index contributed by atoms with van der Waals surface area (Å²) in [7, 11) is -3.41. The molecule has 1 saturated heterocycles. The van der Waals surface area contributed by atoms with Gasteiger partial charge in [-0.25, -0.2) is 8.42 Å². The Morgan fingerprint density at radius 3 is 2.41 bits per heavy atom. The van der Waals surface area contributed by atoms with Gasteiger partial charge < -0.3 is 0 Å². The van der Waals surface area contributed by atoms with Crippen LogP contribution in [0.4, 0.5) is 0 Å². The van der Waals surface area contributed by atoms with Gasteiger partial charge >= 0.3 is 0 Å². The molecule has 0 aromatic heterocycles. The maximum atomic E-state index is 12.9. The van der Waals surface area contributed by atoms with E-state index in [1.807, 2.05) is 49.4 Å². The molecule has 1 fully saturated rings. The third kappa shape index (κ3) is 3.21. The van der Waals surface area contributed by atoms with Gasteiger partial charge in [-0.15, -0.1) is 11.8 Å². The van der Waals surface area contributed by atoms with Crippen LogP contribution in [0.25, 0.3) is 0 Å². The molecule has 0 aliphatic carbocycles. The van der Waals surface area contributed by atoms with E-state index < -0.39 is 10.0 Å². The van der Waals surface area contributed by atoms with Crippen LogP contribution >= 0.6 is 11.8 Å². The monoisotopic (exact) mass is 333 g/mol. The Morgan fingerprint density at radius 1 is 1.05 bits per heavy atom. The molecular weight excluding hydrogens is 314 g/mol. The molecule has 1 aliphatic rings. The van der Waals surface area contributed by atoms with E-state index >= 15 is 0 Å². The number of rotatable bonds is 4. The molecule has 116 valence electrons. The number of thioether (sulfide) groups is 1. The lowest BCUT2D eigenvalue weighted by molar-refractivity contribution is 0.459. The summed E-state index contributed by atoms with van der Waals surface area (Å²) in [5, 5.41) is -0.0197. The van der Waals surface area contributed by atoms with E-state index in [9.17, 15) is 8.42 Å². The smallest absolute Gasteiger partial charge is 0.207 e. The van der Waals surface area contributed by atoms with Gasteiger partial charge in [0.1, 0.15) is 0 Å². The van der Waals surface area contributed by atoms with Gasteiger partial charge in [-0.05, 0) is 44.0 Å². The van der Waals surface area contributed by atoms with Crippen molar-refractivity contribution in [3.05, 3.63) is 60.2 Å². The van der Waals surface area contributed by atoms with Crippen LogP contribution in [0.15, 0.2) is 64.4 Å². The fourth-order valence-corrected chi connectivity index (χ4v) is 5.74. The first-order valence-electron chi connectivity index (χ1n) is 7.37. The zero-order chi connectivity index (χ0) is 15.6. The van der Waals surface area contributed by atoms with Gasteiger partial charge in [0.15, 0.2) is 0 Å². The Balaban J connectivity index is 1.84. The first kappa shape index (κ1) is 15.6. The molecule has 1 atom stereocenters. The zero-order valence-electron chi connectivity index (χ0n) is 12.5. The predicted octanol–water partition coefficient (Wildman–Crippen LogP) is 3.90. The Labute approximate surface area is 136 Å². The van der Waals surface area contributed by atoms with Gasteiger partial charge in [0, 0.05) is 11.4 Å². The molecule has 22 heavy (non-hydrogen) atoms. The van der Waals surface area contributed by atoms with Gasteiger partial charge in [-0.2, -0.15) is 4.31 Å². The molecule has 0 spiro atoms. The lowest BCUT2D eigenvalue weighted by Crippen LogP contribution is -2.33. The molecule has 5 heteroatoms. The molecule has 1 aliphatic heterocycles. The first-order valence-corrected chi connectivity index (χ1v) is 9.69. The molecule has 2 aromatic carbocycles. The summed E-state index contributed by atoms with van der Waals surface area (Å²) < 4.78 is 27.4. The molecule has 0 saturated carbocycles. The molecule has 1 unspecified atom stereocenters. The Kier molecular flexibility index (Phi) is 4.57. The van der Waals surface area contributed by atoms with Crippen LogP contribution in [-0.2, 0) is 10.0 Å². The van der Waals surface area contributed by atoms with E-state index in [0.717, 1.165) is 23.3 Å². The van der Waals surface area contributed by atoms with Gasteiger partial charge in [0.2, 0.25) is 10.0 Å². The second-order valence-corrected chi connectivity index (χ2v) is 8.60. The van der Waals surface area contributed by atoms with Crippen LogP contribution in [0.3, 0.4) is 0 Å². The van der Waals surface area contributed by atoms with Crippen molar-refractivity contribution in [2.45, 2.75) is 34.9 Å². The number of benzene rings is 2. The largest absolute Gasteiger partial charge is 0.244 e. The third-order valence-corrected chi connectivity index (χ3v) is 7.16. The highest BCUT2D eigenvalue weighted by Crippen LogP contribution is 2.36. The van der Waals surface area contributed by atoms with Gasteiger partial charge in [0.25, 0.3) is 0 Å². The average Bonchev–Trinajstić information content (AvgIpc) is 2.98. The van der Waals surface area contributed by atoms with Gasteiger partial charge in [-0.1, -0.05) is 35.9 Å². The van der Waals surface area contributed by atoms with Crippen molar-refractivity contribution in [2.75, 3.05) is 6.54 Å². The molecule has 0 bridgehead atoms. The summed E-state index contributed by atoms with van der Waals surface area (Å²) >= 11 is 1.63. The average molecular weight is 333 g/mol. The van der Waals surface area contributed by atoms with Gasteiger partial charge in [-0.3, -0.25) is 0 Å². The highest BCUT2D eigenvalue weighted by Gasteiger charge is 2.35. The van der Waals surface area contributed by atoms with Crippen molar-refractivity contribution in [3.8, 4) is 0 Å². The highest BCUT2D eigenvalue weighted by atomic mass is 32.2. The Bertz CT molecular complexity index is 727. The van der Waals surface area contributed by atoms with Crippen molar-refractivity contribution >= 4 is 21.8 Å².